The van der Waals surface area contributed by atoms with Crippen molar-refractivity contribution >= 4 is 23.9 Å². The van der Waals surface area contributed by atoms with Gasteiger partial charge in [-0.1, -0.05) is 48.5 Å². The average Bonchev–Trinajstić information content (AvgIpc) is 0.693. The number of fused-ring (bicyclic) bond motifs is 4. The van der Waals surface area contributed by atoms with E-state index in [1.165, 1.54) is 14.2 Å². The van der Waals surface area contributed by atoms with Gasteiger partial charge in [-0.05, 0) is 97.1 Å². The number of hydrogen-bond donors (Lipinski definition) is 4. The van der Waals surface area contributed by atoms with Crippen LogP contribution in [0, 0.1) is 21.7 Å². The number of hydrogen-bond acceptors (Lipinski definition) is 20. The van der Waals surface area contributed by atoms with E-state index in [1.54, 1.807) is 121 Å². The topological polar surface area (TPSA) is 284 Å². The third-order valence-corrected chi connectivity index (χ3v) is 17.3. The van der Waals surface area contributed by atoms with Crippen LogP contribution in [0.15, 0.2) is 195 Å². The molecule has 0 amide bonds. The molecule has 4 bridgehead atoms. The molecule has 4 N–H and O–H groups in total. The zero-order valence-electron chi connectivity index (χ0n) is 47.2. The summed E-state index contributed by atoms with van der Waals surface area (Å²) in [5, 5.41) is 47.1. The predicted molar refractivity (Wildman–Crippen MR) is 308 cm³/mol. The number of ether oxygens (including phenoxy) is 2. The lowest BCUT2D eigenvalue weighted by Gasteiger charge is -2.65. The number of piperidine rings is 4. The molecular weight excluding hydrogens is 1100 g/mol. The Balaban J connectivity index is 0.000000179. The van der Waals surface area contributed by atoms with Crippen LogP contribution in [0.2, 0.25) is 0 Å². The molecule has 0 aliphatic carbocycles. The van der Waals surface area contributed by atoms with Gasteiger partial charge >= 0.3 is 23.9 Å². The standard InChI is InChI=1S/C33H34N6O5.C31H30N6O5/c1-43-30(41)32-21-38(19-23-11-3-7-15-34-23)22-33(29(32)40,31(42)44-2)28(26-14-6-10-18-37-26)39(20-24-12-4-8-16-35-24)27(32)25-13-5-9-17-36-25;38-27-30(28(39)40)19-36(17-21-9-1-5-13-32-21)20-31(27,29(41)42)26(24-12-4-8-16-35-24)37(18-22-10-2-6-14-33-22)25(30)23-11-3-7-15-34-23/h3-18,27-29,40H,19-22H2,1-2H3;1-16,25-27,38H,17-20H2,(H,39,40)(H,41,42). The Labute approximate surface area is 495 Å². The summed E-state index contributed by atoms with van der Waals surface area (Å²) in [6.45, 7) is 0.676. The number of aliphatic carboxylic acids is 2. The first-order chi connectivity index (χ1) is 41.8. The molecule has 4 fully saturated rings. The largest absolute Gasteiger partial charge is 0.481 e. The maximum Gasteiger partial charge on any atom is 0.317 e. The normalized spacial score (nSPS) is 27.3. The number of carboxylic acids is 2. The van der Waals surface area contributed by atoms with E-state index in [9.17, 15) is 39.6 Å². The van der Waals surface area contributed by atoms with Crippen LogP contribution in [-0.2, 0) is 54.8 Å². The monoisotopic (exact) mass is 1160 g/mol. The fourth-order valence-corrected chi connectivity index (χ4v) is 14.1. The molecule has 8 aromatic rings. The van der Waals surface area contributed by atoms with E-state index in [-0.39, 0.29) is 45.8 Å². The summed E-state index contributed by atoms with van der Waals surface area (Å²) in [5.74, 6) is -3.95. The highest BCUT2D eigenvalue weighted by molar-refractivity contribution is 5.87. The molecule has 4 saturated heterocycles. The highest BCUT2D eigenvalue weighted by Crippen LogP contribution is 2.65. The molecule has 8 unspecified atom stereocenters. The maximum atomic E-state index is 14.3. The molecule has 0 radical (unpaired) electrons. The number of likely N-dealkylation sites (tertiary alicyclic amines) is 4. The lowest BCUT2D eigenvalue weighted by atomic mass is 9.53. The number of aliphatic hydroxyl groups excluding tert-OH is 2. The number of carbonyl (C=O) groups excluding carboxylic acids is 2. The Bertz CT molecular complexity index is 3450. The molecule has 0 spiro atoms. The maximum absolute atomic E-state index is 14.3. The smallest absolute Gasteiger partial charge is 0.317 e. The third kappa shape index (κ3) is 10.3. The van der Waals surface area contributed by atoms with Gasteiger partial charge in [0.2, 0.25) is 0 Å². The second-order valence-corrected chi connectivity index (χ2v) is 22.1. The molecule has 22 nitrogen and oxygen atoms in total. The van der Waals surface area contributed by atoms with Crippen LogP contribution in [0.25, 0.3) is 0 Å². The van der Waals surface area contributed by atoms with Gasteiger partial charge in [0.1, 0.15) is 21.7 Å². The highest BCUT2D eigenvalue weighted by Gasteiger charge is 2.77. The third-order valence-electron chi connectivity index (χ3n) is 17.3. The number of esters is 2. The average molecular weight is 1160 g/mol. The Morgan fingerprint density at radius 2 is 0.628 bits per heavy atom. The molecule has 4 aliphatic rings. The van der Waals surface area contributed by atoms with E-state index >= 15 is 0 Å². The van der Waals surface area contributed by atoms with Gasteiger partial charge in [0.15, 0.2) is 0 Å². The Kier molecular flexibility index (Phi) is 16.9. The molecule has 0 saturated carbocycles. The summed E-state index contributed by atoms with van der Waals surface area (Å²) < 4.78 is 11.0. The molecule has 8 atom stereocenters. The highest BCUT2D eigenvalue weighted by atomic mass is 16.5. The van der Waals surface area contributed by atoms with Crippen LogP contribution in [0.1, 0.15) is 69.7 Å². The summed E-state index contributed by atoms with van der Waals surface area (Å²) in [7, 11) is 2.59. The Morgan fingerprint density at radius 1 is 0.384 bits per heavy atom. The first kappa shape index (κ1) is 58.6. The number of nitrogens with zero attached hydrogens (tertiary/aromatic N) is 12. The fourth-order valence-electron chi connectivity index (χ4n) is 14.1. The molecule has 12 rings (SSSR count). The lowest BCUT2D eigenvalue weighted by Crippen LogP contribution is -2.77. The molecule has 86 heavy (non-hydrogen) atoms. The first-order valence-electron chi connectivity index (χ1n) is 28.0. The summed E-state index contributed by atoms with van der Waals surface area (Å²) in [4.78, 5) is 100. The number of carboxylic acid groups (broad SMARTS) is 2. The SMILES string of the molecule is COC(=O)C12CN(Cc3ccccn3)CC(C(=O)OC)(C(c3ccccn3)N(Cc3ccccn3)C1c1ccccn1)C2O.O=C(O)C12CN(Cc3ccccn3)CC(C(=O)O)(C(c3ccccn3)N(Cc3ccccn3)C1c1ccccn1)C2O. The number of rotatable bonds is 16. The number of pyridine rings is 8. The van der Waals surface area contributed by atoms with Crippen molar-refractivity contribution in [2.45, 2.75) is 62.6 Å². The summed E-state index contributed by atoms with van der Waals surface area (Å²) in [5.41, 5.74) is -2.75. The number of methoxy groups -OCH3 is 2. The summed E-state index contributed by atoms with van der Waals surface area (Å²) >= 11 is 0. The van der Waals surface area contributed by atoms with Crippen LogP contribution in [0.5, 0.6) is 0 Å². The Morgan fingerprint density at radius 3 is 0.872 bits per heavy atom. The van der Waals surface area contributed by atoms with E-state index in [0.717, 1.165) is 5.69 Å². The Hall–Kier alpha value is -9.16. The van der Waals surface area contributed by atoms with Gasteiger partial charge in [0, 0.05) is 102 Å². The van der Waals surface area contributed by atoms with Gasteiger partial charge in [-0.25, -0.2) is 0 Å². The van der Waals surface area contributed by atoms with Crippen LogP contribution in [0.3, 0.4) is 0 Å². The minimum absolute atomic E-state index is 0.0606. The molecule has 22 heteroatoms. The molecule has 8 aromatic heterocycles. The van der Waals surface area contributed by atoms with Gasteiger partial charge in [-0.15, -0.1) is 0 Å². The van der Waals surface area contributed by atoms with Gasteiger partial charge in [0.05, 0.1) is 96.1 Å². The molecule has 440 valence electrons. The van der Waals surface area contributed by atoms with E-state index in [2.05, 4.69) is 29.9 Å². The predicted octanol–water partition coefficient (Wildman–Crippen LogP) is 5.34. The molecule has 0 aromatic carbocycles. The molecule has 4 aliphatic heterocycles. The zero-order valence-corrected chi connectivity index (χ0v) is 47.2. The van der Waals surface area contributed by atoms with Crippen molar-refractivity contribution in [3.8, 4) is 0 Å². The van der Waals surface area contributed by atoms with Crippen LogP contribution < -0.4 is 0 Å². The van der Waals surface area contributed by atoms with Crippen LogP contribution in [-0.4, -0.2) is 156 Å². The van der Waals surface area contributed by atoms with E-state index in [4.69, 9.17) is 19.4 Å². The number of carbonyl (C=O) groups is 4. The van der Waals surface area contributed by atoms with Crippen molar-refractivity contribution in [2.24, 2.45) is 21.7 Å². The van der Waals surface area contributed by atoms with E-state index in [0.29, 0.717) is 46.4 Å². The fraction of sp³-hybridized carbons (Fsp3) is 0.312. The minimum atomic E-state index is -1.99. The van der Waals surface area contributed by atoms with Crippen molar-refractivity contribution in [1.29, 1.82) is 0 Å². The van der Waals surface area contributed by atoms with Crippen molar-refractivity contribution in [3.63, 3.8) is 0 Å². The van der Waals surface area contributed by atoms with Crippen molar-refractivity contribution in [1.82, 2.24) is 59.5 Å². The quantitative estimate of drug-likeness (QED) is 0.0888. The van der Waals surface area contributed by atoms with Crippen LogP contribution >= 0.6 is 0 Å². The van der Waals surface area contributed by atoms with Crippen molar-refractivity contribution < 1.29 is 49.1 Å². The van der Waals surface area contributed by atoms with Gasteiger partial charge in [0.25, 0.3) is 0 Å². The number of aliphatic hydroxyl groups is 2. The van der Waals surface area contributed by atoms with Crippen molar-refractivity contribution in [3.05, 3.63) is 241 Å². The van der Waals surface area contributed by atoms with Crippen molar-refractivity contribution in [2.75, 3.05) is 40.4 Å². The first-order valence-corrected chi connectivity index (χ1v) is 28.0. The summed E-state index contributed by atoms with van der Waals surface area (Å²) in [6.07, 6.45) is 9.78. The second-order valence-electron chi connectivity index (χ2n) is 22.1. The second kappa shape index (κ2) is 24.8. The lowest BCUT2D eigenvalue weighted by molar-refractivity contribution is -0.255. The minimum Gasteiger partial charge on any atom is -0.481 e. The van der Waals surface area contributed by atoms with Gasteiger partial charge in [-0.3, -0.25) is 78.6 Å². The number of aromatic nitrogens is 8. The van der Waals surface area contributed by atoms with E-state index in [1.807, 2.05) is 93.6 Å². The van der Waals surface area contributed by atoms with E-state index < -0.39 is 81.9 Å². The molecular formula is C64H64N12O10. The van der Waals surface area contributed by atoms with Crippen LogP contribution in [0.4, 0.5) is 0 Å². The van der Waals surface area contributed by atoms with Gasteiger partial charge in [-0.2, -0.15) is 0 Å². The zero-order chi connectivity index (χ0) is 60.1. The molecule has 12 heterocycles. The summed E-state index contributed by atoms with van der Waals surface area (Å²) in [6, 6.07) is 39.5. The van der Waals surface area contributed by atoms with Gasteiger partial charge < -0.3 is 29.9 Å².